The maximum atomic E-state index is 12.3. The number of aromatic nitrogens is 4. The van der Waals surface area contributed by atoms with Gasteiger partial charge in [0.1, 0.15) is 5.76 Å². The first-order chi connectivity index (χ1) is 14.7. The smallest absolute Gasteiger partial charge is 0.323 e. The van der Waals surface area contributed by atoms with E-state index in [1.165, 1.54) is 0 Å². The molecule has 3 aromatic rings. The highest BCUT2D eigenvalue weighted by molar-refractivity contribution is 5.40. The number of nitrogens with one attached hydrogen (secondary N) is 1. The summed E-state index contributed by atoms with van der Waals surface area (Å²) >= 11 is 0. The molecule has 2 bridgehead atoms. The van der Waals surface area contributed by atoms with Crippen molar-refractivity contribution >= 4 is 11.9 Å². The van der Waals surface area contributed by atoms with Gasteiger partial charge in [-0.2, -0.15) is 15.0 Å². The predicted molar refractivity (Wildman–Crippen MR) is 111 cm³/mol. The van der Waals surface area contributed by atoms with Gasteiger partial charge in [-0.05, 0) is 37.5 Å². The number of hydrogen-bond acceptors (Lipinski definition) is 8. The molecule has 0 aliphatic carbocycles. The molecule has 156 valence electrons. The molecule has 2 atom stereocenters. The minimum Gasteiger partial charge on any atom is -0.467 e. The van der Waals surface area contributed by atoms with Crippen molar-refractivity contribution in [3.05, 3.63) is 58.4 Å². The zero-order chi connectivity index (χ0) is 20.5. The minimum atomic E-state index is 0.0823. The summed E-state index contributed by atoms with van der Waals surface area (Å²) in [6.45, 7) is 5.14. The average Bonchev–Trinajstić information content (AvgIpc) is 3.27. The Morgan fingerprint density at radius 3 is 2.93 bits per heavy atom. The molecule has 1 fully saturated rings. The predicted octanol–water partition coefficient (Wildman–Crippen LogP) is 2.26. The zero-order valence-electron chi connectivity index (χ0n) is 16.8. The first-order valence-corrected chi connectivity index (χ1v) is 10.3. The molecule has 9 nitrogen and oxygen atoms in total. The van der Waals surface area contributed by atoms with E-state index in [0.29, 0.717) is 37.0 Å². The quantitative estimate of drug-likeness (QED) is 0.663. The second-order valence-corrected chi connectivity index (χ2v) is 7.71. The summed E-state index contributed by atoms with van der Waals surface area (Å²) in [7, 11) is 0. The highest BCUT2D eigenvalue weighted by atomic mass is 16.5. The molecule has 5 heterocycles. The molecule has 0 unspecified atom stereocenters. The average molecular weight is 408 g/mol. The topological polar surface area (TPSA) is 98.3 Å². The molecule has 3 aromatic heterocycles. The van der Waals surface area contributed by atoms with Crippen LogP contribution in [0.1, 0.15) is 30.7 Å². The lowest BCUT2D eigenvalue weighted by Gasteiger charge is -2.42. The Hall–Kier alpha value is -3.36. The van der Waals surface area contributed by atoms with Crippen molar-refractivity contribution in [2.45, 2.75) is 32.4 Å². The van der Waals surface area contributed by atoms with Gasteiger partial charge in [0.05, 0.1) is 19.4 Å². The van der Waals surface area contributed by atoms with Gasteiger partial charge in [0.2, 0.25) is 11.9 Å². The molecular formula is C21H24N6O3. The normalized spacial score (nSPS) is 20.0. The number of piperidine rings is 1. The lowest BCUT2D eigenvalue weighted by atomic mass is 9.83. The van der Waals surface area contributed by atoms with Crippen LogP contribution in [0.2, 0.25) is 0 Å². The van der Waals surface area contributed by atoms with Crippen molar-refractivity contribution in [3.63, 3.8) is 0 Å². The first-order valence-electron chi connectivity index (χ1n) is 10.3. The van der Waals surface area contributed by atoms with Crippen LogP contribution in [0.5, 0.6) is 6.01 Å². The van der Waals surface area contributed by atoms with E-state index in [1.54, 1.807) is 12.3 Å². The Balaban J connectivity index is 1.41. The third-order valence-corrected chi connectivity index (χ3v) is 5.64. The van der Waals surface area contributed by atoms with E-state index < -0.39 is 0 Å². The largest absolute Gasteiger partial charge is 0.467 e. The summed E-state index contributed by atoms with van der Waals surface area (Å²) in [6, 6.07) is 9.58. The number of anilines is 2. The Kier molecular flexibility index (Phi) is 4.86. The monoisotopic (exact) mass is 408 g/mol. The van der Waals surface area contributed by atoms with Gasteiger partial charge in [-0.25, -0.2) is 0 Å². The van der Waals surface area contributed by atoms with Crippen molar-refractivity contribution in [2.24, 2.45) is 5.92 Å². The van der Waals surface area contributed by atoms with Crippen molar-refractivity contribution in [2.75, 3.05) is 29.9 Å². The minimum absolute atomic E-state index is 0.0823. The number of pyridine rings is 1. The molecule has 0 spiro atoms. The van der Waals surface area contributed by atoms with Crippen LogP contribution in [0.4, 0.5) is 11.9 Å². The Bertz CT molecular complexity index is 1080. The van der Waals surface area contributed by atoms with Crippen LogP contribution >= 0.6 is 0 Å². The summed E-state index contributed by atoms with van der Waals surface area (Å²) in [5.41, 5.74) is 1.18. The van der Waals surface area contributed by atoms with E-state index in [1.807, 2.05) is 29.7 Å². The van der Waals surface area contributed by atoms with E-state index in [9.17, 15) is 4.79 Å². The van der Waals surface area contributed by atoms with Crippen LogP contribution in [0.15, 0.2) is 45.8 Å². The van der Waals surface area contributed by atoms with Gasteiger partial charge in [0, 0.05) is 37.3 Å². The molecule has 30 heavy (non-hydrogen) atoms. The number of furan rings is 1. The van der Waals surface area contributed by atoms with Crippen LogP contribution in [-0.2, 0) is 13.1 Å². The summed E-state index contributed by atoms with van der Waals surface area (Å²) in [4.78, 5) is 28.0. The van der Waals surface area contributed by atoms with Crippen molar-refractivity contribution in [1.29, 1.82) is 0 Å². The summed E-state index contributed by atoms with van der Waals surface area (Å²) in [5, 5.41) is 3.19. The van der Waals surface area contributed by atoms with Crippen LogP contribution in [0.3, 0.4) is 0 Å². The van der Waals surface area contributed by atoms with E-state index in [2.05, 4.69) is 31.2 Å². The molecule has 2 aliphatic rings. The van der Waals surface area contributed by atoms with Gasteiger partial charge in [0.15, 0.2) is 0 Å². The molecule has 9 heteroatoms. The third kappa shape index (κ3) is 3.62. The molecule has 2 aliphatic heterocycles. The van der Waals surface area contributed by atoms with Gasteiger partial charge in [0.25, 0.3) is 5.56 Å². The number of hydrogen-bond donors (Lipinski definition) is 1. The third-order valence-electron chi connectivity index (χ3n) is 5.64. The van der Waals surface area contributed by atoms with E-state index >= 15 is 0 Å². The van der Waals surface area contributed by atoms with Gasteiger partial charge in [-0.1, -0.05) is 6.07 Å². The van der Waals surface area contributed by atoms with Crippen LogP contribution in [0, 0.1) is 5.92 Å². The SMILES string of the molecule is CCOc1nc(NCc2ccco2)nc(N2C[C@H]3C[C@@H](C2)c2cccc(=O)n2C3)n1. The second-order valence-electron chi connectivity index (χ2n) is 7.71. The maximum absolute atomic E-state index is 12.3. The van der Waals surface area contributed by atoms with Crippen molar-refractivity contribution in [1.82, 2.24) is 19.5 Å². The molecule has 0 radical (unpaired) electrons. The fourth-order valence-corrected chi connectivity index (χ4v) is 4.40. The van der Waals surface area contributed by atoms with Crippen molar-refractivity contribution in [3.8, 4) is 6.01 Å². The van der Waals surface area contributed by atoms with Crippen LogP contribution in [-0.4, -0.2) is 39.2 Å². The van der Waals surface area contributed by atoms with Crippen LogP contribution in [0.25, 0.3) is 0 Å². The standard InChI is InChI=1S/C21H24N6O3/c1-2-29-21-24-19(22-10-16-5-4-8-30-16)23-20(25-21)26-11-14-9-15(13-26)17-6-3-7-18(28)27(17)12-14/h3-8,14-15H,2,9-13H2,1H3,(H,22,23,24,25)/t14-,15+/m1/s1. The fraction of sp³-hybridized carbons (Fsp3) is 0.429. The maximum Gasteiger partial charge on any atom is 0.323 e. The van der Waals surface area contributed by atoms with E-state index in [0.717, 1.165) is 37.5 Å². The van der Waals surface area contributed by atoms with Gasteiger partial charge >= 0.3 is 6.01 Å². The molecule has 0 aromatic carbocycles. The second kappa shape index (κ2) is 7.81. The Labute approximate surface area is 173 Å². The highest BCUT2D eigenvalue weighted by Gasteiger charge is 2.35. The Morgan fingerprint density at radius 1 is 1.17 bits per heavy atom. The summed E-state index contributed by atoms with van der Waals surface area (Å²) in [5.74, 6) is 2.50. The first kappa shape index (κ1) is 18.7. The summed E-state index contributed by atoms with van der Waals surface area (Å²) < 4.78 is 12.9. The molecule has 0 saturated carbocycles. The number of rotatable bonds is 6. The van der Waals surface area contributed by atoms with Gasteiger partial charge in [-0.3, -0.25) is 4.79 Å². The lowest BCUT2D eigenvalue weighted by Crippen LogP contribution is -2.47. The van der Waals surface area contributed by atoms with E-state index in [-0.39, 0.29) is 11.5 Å². The molecule has 5 rings (SSSR count). The van der Waals surface area contributed by atoms with Gasteiger partial charge < -0.3 is 23.9 Å². The molecule has 1 N–H and O–H groups in total. The fourth-order valence-electron chi connectivity index (χ4n) is 4.40. The molecular weight excluding hydrogens is 384 g/mol. The molecule has 0 amide bonds. The van der Waals surface area contributed by atoms with Gasteiger partial charge in [-0.15, -0.1) is 0 Å². The highest BCUT2D eigenvalue weighted by Crippen LogP contribution is 2.36. The summed E-state index contributed by atoms with van der Waals surface area (Å²) in [6.07, 6.45) is 2.71. The number of nitrogens with zero attached hydrogens (tertiary/aromatic N) is 5. The van der Waals surface area contributed by atoms with E-state index in [4.69, 9.17) is 9.15 Å². The lowest BCUT2D eigenvalue weighted by molar-refractivity contribution is 0.277. The number of fused-ring (bicyclic) bond motifs is 4. The Morgan fingerprint density at radius 2 is 2.10 bits per heavy atom. The zero-order valence-corrected chi connectivity index (χ0v) is 16.8. The van der Waals surface area contributed by atoms with Crippen molar-refractivity contribution < 1.29 is 9.15 Å². The molecule has 1 saturated heterocycles. The number of ether oxygens (including phenoxy) is 1. The van der Waals surface area contributed by atoms with Crippen LogP contribution < -0.4 is 20.5 Å².